The van der Waals surface area contributed by atoms with E-state index < -0.39 is 12.0 Å². The molecule has 0 bridgehead atoms. The molecule has 2 saturated carbocycles. The van der Waals surface area contributed by atoms with E-state index in [-0.39, 0.29) is 49.0 Å². The number of methoxy groups -OCH3 is 2. The Morgan fingerprint density at radius 1 is 0.875 bits per heavy atom. The van der Waals surface area contributed by atoms with E-state index in [0.717, 1.165) is 60.8 Å². The minimum Gasteiger partial charge on any atom is -0.493 e. The Hall–Kier alpha value is -4.19. The Morgan fingerprint density at radius 3 is 2.21 bits per heavy atom. The number of hydrogen-bond donors (Lipinski definition) is 1. The molecule has 13 heteroatoms. The molecule has 302 valence electrons. The molecule has 2 aliphatic carbocycles. The van der Waals surface area contributed by atoms with Gasteiger partial charge >= 0.3 is 12.1 Å². The first kappa shape index (κ1) is 41.4. The van der Waals surface area contributed by atoms with Crippen molar-refractivity contribution < 1.29 is 43.2 Å². The molecule has 2 atom stereocenters. The molecule has 3 aliphatic rings. The molecular formula is C43H52Cl2N2O9. The monoisotopic (exact) mass is 810 g/mol. The number of benzene rings is 3. The lowest BCUT2D eigenvalue weighted by atomic mass is 9.79. The summed E-state index contributed by atoms with van der Waals surface area (Å²) in [4.78, 5) is 42.2. The number of rotatable bonds is 19. The molecule has 0 unspecified atom stereocenters. The van der Waals surface area contributed by atoms with Crippen molar-refractivity contribution in [1.29, 1.82) is 0 Å². The number of nitrogens with zero attached hydrogens (tertiary/aromatic N) is 2. The second kappa shape index (κ2) is 18.8. The summed E-state index contributed by atoms with van der Waals surface area (Å²) in [5.74, 6) is 0.760. The topological polar surface area (TPSA) is 124 Å². The Bertz CT molecular complexity index is 1820. The standard InChI is InChI=1S/C43H52Cl2N2O9/c1-28-19-37(44)40(38(45)20-28)55-18-17-54-33-10-6-31(7-11-33)35-12-15-46(42(50)51)26-36(35)41(49)47(32-8-9-32)25-30-21-29(5-4-16-52-2)22-34(23-30)56-27-43(13-14-43)24-39(48)53-3/h6-7,10-11,19-23,32,35-36H,4-5,8-9,12-18,24-27H2,1-3H3,(H,50,51)/t35-,36+/m1/s1. The van der Waals surface area contributed by atoms with Gasteiger partial charge in [0.15, 0.2) is 5.75 Å². The van der Waals surface area contributed by atoms with Gasteiger partial charge in [-0.25, -0.2) is 4.79 Å². The number of amides is 2. The van der Waals surface area contributed by atoms with Crippen LogP contribution in [0.15, 0.2) is 54.6 Å². The molecule has 6 rings (SSSR count). The first-order valence-electron chi connectivity index (χ1n) is 19.4. The SMILES string of the molecule is COCCCc1cc(CN(C(=O)[C@H]2CN(C(=O)O)CC[C@@H]2c2ccc(OCCOc3c(Cl)cc(C)cc3Cl)cc2)C2CC2)cc(OCC2(CC(=O)OC)CC2)c1. The number of piperidine rings is 1. The minimum atomic E-state index is -1.02. The van der Waals surface area contributed by atoms with Crippen molar-refractivity contribution in [3.8, 4) is 17.2 Å². The van der Waals surface area contributed by atoms with Gasteiger partial charge in [0.25, 0.3) is 0 Å². The molecule has 3 aromatic carbocycles. The average Bonchev–Trinajstić information content (AvgIpc) is 4.13. The summed E-state index contributed by atoms with van der Waals surface area (Å²) >= 11 is 12.6. The number of esters is 1. The van der Waals surface area contributed by atoms with Crippen molar-refractivity contribution in [1.82, 2.24) is 9.80 Å². The van der Waals surface area contributed by atoms with Crippen LogP contribution in [0.4, 0.5) is 4.79 Å². The number of ether oxygens (including phenoxy) is 5. The Balaban J connectivity index is 1.15. The number of carbonyl (C=O) groups excluding carboxylic acids is 2. The van der Waals surface area contributed by atoms with E-state index in [1.165, 1.54) is 12.0 Å². The number of carboxylic acid groups (broad SMARTS) is 1. The van der Waals surface area contributed by atoms with Crippen molar-refractivity contribution in [3.63, 3.8) is 0 Å². The van der Waals surface area contributed by atoms with Crippen molar-refractivity contribution in [2.45, 2.75) is 76.8 Å². The van der Waals surface area contributed by atoms with E-state index in [4.69, 9.17) is 46.9 Å². The summed E-state index contributed by atoms with van der Waals surface area (Å²) in [5, 5.41) is 10.9. The van der Waals surface area contributed by atoms with E-state index in [2.05, 4.69) is 6.07 Å². The fraction of sp³-hybridized carbons (Fsp3) is 0.512. The summed E-state index contributed by atoms with van der Waals surface area (Å²) in [7, 11) is 3.09. The summed E-state index contributed by atoms with van der Waals surface area (Å²) in [6, 6.07) is 17.5. The highest BCUT2D eigenvalue weighted by Crippen LogP contribution is 2.49. The highest BCUT2D eigenvalue weighted by Gasteiger charge is 2.46. The average molecular weight is 812 g/mol. The van der Waals surface area contributed by atoms with Crippen LogP contribution in [0, 0.1) is 18.3 Å². The number of halogens is 2. The van der Waals surface area contributed by atoms with Crippen molar-refractivity contribution >= 4 is 41.2 Å². The van der Waals surface area contributed by atoms with Crippen molar-refractivity contribution in [2.75, 3.05) is 53.7 Å². The zero-order valence-electron chi connectivity index (χ0n) is 32.4. The first-order valence-corrected chi connectivity index (χ1v) is 20.1. The molecule has 0 spiro atoms. The molecule has 11 nitrogen and oxygen atoms in total. The van der Waals surface area contributed by atoms with Crippen LogP contribution in [0.25, 0.3) is 0 Å². The smallest absolute Gasteiger partial charge is 0.407 e. The number of carbonyl (C=O) groups is 3. The van der Waals surface area contributed by atoms with Gasteiger partial charge in [0.2, 0.25) is 5.91 Å². The van der Waals surface area contributed by atoms with Crippen LogP contribution >= 0.6 is 23.2 Å². The second-order valence-corrected chi connectivity index (χ2v) is 16.2. The third-order valence-electron chi connectivity index (χ3n) is 11.0. The highest BCUT2D eigenvalue weighted by atomic mass is 35.5. The summed E-state index contributed by atoms with van der Waals surface area (Å²) in [6.45, 7) is 4.30. The van der Waals surface area contributed by atoms with Gasteiger partial charge in [-0.2, -0.15) is 0 Å². The predicted molar refractivity (Wildman–Crippen MR) is 213 cm³/mol. The molecule has 56 heavy (non-hydrogen) atoms. The third-order valence-corrected chi connectivity index (χ3v) is 11.5. The molecule has 0 radical (unpaired) electrons. The Labute approximate surface area is 339 Å². The van der Waals surface area contributed by atoms with Gasteiger partial charge in [-0.1, -0.05) is 41.4 Å². The fourth-order valence-corrected chi connectivity index (χ4v) is 8.23. The van der Waals surface area contributed by atoms with E-state index in [0.29, 0.717) is 66.4 Å². The molecule has 1 saturated heterocycles. The fourth-order valence-electron chi connectivity index (χ4n) is 7.53. The zero-order valence-corrected chi connectivity index (χ0v) is 33.9. The van der Waals surface area contributed by atoms with Gasteiger partial charge in [-0.15, -0.1) is 0 Å². The van der Waals surface area contributed by atoms with Crippen LogP contribution in [0.2, 0.25) is 10.0 Å². The predicted octanol–water partition coefficient (Wildman–Crippen LogP) is 8.34. The molecule has 1 aliphatic heterocycles. The van der Waals surface area contributed by atoms with E-state index >= 15 is 0 Å². The molecule has 2 amide bonds. The van der Waals surface area contributed by atoms with Gasteiger partial charge in [0, 0.05) is 44.8 Å². The molecular weight excluding hydrogens is 759 g/mol. The van der Waals surface area contributed by atoms with Crippen LogP contribution in [-0.2, 0) is 32.0 Å². The quantitative estimate of drug-likeness (QED) is 0.0940. The molecule has 3 fully saturated rings. The lowest BCUT2D eigenvalue weighted by Gasteiger charge is -2.39. The van der Waals surface area contributed by atoms with Crippen molar-refractivity contribution in [3.05, 3.63) is 86.9 Å². The maximum Gasteiger partial charge on any atom is 0.407 e. The minimum absolute atomic E-state index is 0.0448. The highest BCUT2D eigenvalue weighted by molar-refractivity contribution is 6.37. The molecule has 1 heterocycles. The number of hydrogen-bond acceptors (Lipinski definition) is 8. The maximum absolute atomic E-state index is 14.7. The molecule has 0 aromatic heterocycles. The van der Waals surface area contributed by atoms with Gasteiger partial charge < -0.3 is 38.6 Å². The van der Waals surface area contributed by atoms with E-state index in [1.807, 2.05) is 48.2 Å². The van der Waals surface area contributed by atoms with E-state index in [9.17, 15) is 19.5 Å². The van der Waals surface area contributed by atoms with Crippen molar-refractivity contribution in [2.24, 2.45) is 11.3 Å². The third kappa shape index (κ3) is 11.0. The number of likely N-dealkylation sites (tertiary alicyclic amines) is 1. The number of aryl methyl sites for hydroxylation is 2. The lowest BCUT2D eigenvalue weighted by Crippen LogP contribution is -2.49. The molecule has 1 N–H and O–H groups in total. The Morgan fingerprint density at radius 2 is 1.57 bits per heavy atom. The van der Waals surface area contributed by atoms with Gasteiger partial charge in [-0.3, -0.25) is 9.59 Å². The van der Waals surface area contributed by atoms with Crippen LogP contribution in [-0.4, -0.2) is 92.7 Å². The summed E-state index contributed by atoms with van der Waals surface area (Å²) < 4.78 is 28.3. The van der Waals surface area contributed by atoms with Crippen LogP contribution in [0.1, 0.15) is 73.1 Å². The Kier molecular flexibility index (Phi) is 13.9. The lowest BCUT2D eigenvalue weighted by molar-refractivity contribution is -0.142. The second-order valence-electron chi connectivity index (χ2n) is 15.4. The van der Waals surface area contributed by atoms with Crippen LogP contribution < -0.4 is 14.2 Å². The van der Waals surface area contributed by atoms with Gasteiger partial charge in [-0.05, 0) is 116 Å². The van der Waals surface area contributed by atoms with Crippen LogP contribution in [0.5, 0.6) is 17.2 Å². The summed E-state index contributed by atoms with van der Waals surface area (Å²) in [5.41, 5.74) is 3.73. The first-order chi connectivity index (χ1) is 27.0. The maximum atomic E-state index is 14.7. The molecule has 3 aromatic rings. The van der Waals surface area contributed by atoms with Gasteiger partial charge in [0.05, 0.1) is 36.1 Å². The normalized spacial score (nSPS) is 18.6. The zero-order chi connectivity index (χ0) is 39.8. The van der Waals surface area contributed by atoms with Crippen LogP contribution in [0.3, 0.4) is 0 Å². The largest absolute Gasteiger partial charge is 0.493 e. The van der Waals surface area contributed by atoms with Gasteiger partial charge in [0.1, 0.15) is 24.7 Å². The van der Waals surface area contributed by atoms with E-state index in [1.54, 1.807) is 19.2 Å². The summed E-state index contributed by atoms with van der Waals surface area (Å²) in [6.07, 6.45) is 5.06.